The van der Waals surface area contributed by atoms with Gasteiger partial charge in [-0.1, -0.05) is 64.4 Å². The van der Waals surface area contributed by atoms with Crippen molar-refractivity contribution in [1.29, 1.82) is 0 Å². The number of amides is 1. The van der Waals surface area contributed by atoms with Crippen molar-refractivity contribution in [2.75, 3.05) is 6.61 Å². The van der Waals surface area contributed by atoms with Gasteiger partial charge in [-0.2, -0.15) is 5.10 Å². The second-order valence-electron chi connectivity index (χ2n) is 14.7. The lowest BCUT2D eigenvalue weighted by Crippen LogP contribution is -2.47. The van der Waals surface area contributed by atoms with Gasteiger partial charge < -0.3 is 10.5 Å². The SMILES string of the molecule is CC(C)(C)C[C@]1(c2ccc(-c3ncccn3)cc2F)N=C(N)N([C@H](COC(=O)CC(C)(C)C(C)(F)F)c2ccc(Cl)c(-n3ncnc3C(F)F)c2)C1=O. The highest BCUT2D eigenvalue weighted by Crippen LogP contribution is 2.46. The van der Waals surface area contributed by atoms with E-state index in [1.54, 1.807) is 12.1 Å². The summed E-state index contributed by atoms with van der Waals surface area (Å²) in [6.07, 6.45) is 0.140. The molecule has 2 N–H and O–H groups in total. The number of guanidine groups is 1. The highest BCUT2D eigenvalue weighted by molar-refractivity contribution is 6.32. The molecule has 0 saturated carbocycles. The number of aromatic nitrogens is 5. The molecule has 2 aromatic carbocycles. The number of hydrogen-bond acceptors (Lipinski definition) is 9. The predicted molar refractivity (Wildman–Crippen MR) is 186 cm³/mol. The van der Waals surface area contributed by atoms with Crippen LogP contribution < -0.4 is 5.73 Å². The Kier molecular flexibility index (Phi) is 10.7. The maximum absolute atomic E-state index is 16.3. The van der Waals surface area contributed by atoms with E-state index in [2.05, 4.69) is 25.0 Å². The maximum atomic E-state index is 16.3. The number of hydrogen-bond donors (Lipinski definition) is 1. The number of rotatable bonds is 12. The normalized spacial score (nSPS) is 17.3. The Bertz CT molecular complexity index is 2030. The lowest BCUT2D eigenvalue weighted by atomic mass is 9.75. The number of benzene rings is 2. The second kappa shape index (κ2) is 14.4. The molecule has 0 saturated heterocycles. The molecule has 282 valence electrons. The molecule has 1 amide bonds. The minimum atomic E-state index is -3.25. The van der Waals surface area contributed by atoms with Crippen LogP contribution in [-0.2, 0) is 19.9 Å². The molecule has 3 heterocycles. The van der Waals surface area contributed by atoms with E-state index < -0.39 is 71.3 Å². The second-order valence-corrected chi connectivity index (χ2v) is 15.1. The predicted octanol–water partition coefficient (Wildman–Crippen LogP) is 7.60. The van der Waals surface area contributed by atoms with E-state index in [1.165, 1.54) is 56.6 Å². The van der Waals surface area contributed by atoms with Gasteiger partial charge in [0.25, 0.3) is 18.3 Å². The van der Waals surface area contributed by atoms with Crippen LogP contribution in [0, 0.1) is 16.6 Å². The van der Waals surface area contributed by atoms with Gasteiger partial charge in [-0.25, -0.2) is 46.6 Å². The van der Waals surface area contributed by atoms with Crippen molar-refractivity contribution in [3.63, 3.8) is 0 Å². The minimum absolute atomic E-state index is 0.0233. The number of esters is 1. The summed E-state index contributed by atoms with van der Waals surface area (Å²) < 4.78 is 78.9. The lowest BCUT2D eigenvalue weighted by Gasteiger charge is -2.35. The van der Waals surface area contributed by atoms with Crippen molar-refractivity contribution in [1.82, 2.24) is 29.6 Å². The Morgan fingerprint density at radius 3 is 2.30 bits per heavy atom. The topological polar surface area (TPSA) is 141 Å². The van der Waals surface area contributed by atoms with E-state index >= 15 is 4.39 Å². The molecule has 0 unspecified atom stereocenters. The first-order chi connectivity index (χ1) is 24.6. The number of carbonyl (C=O) groups excluding carboxylic acids is 2. The van der Waals surface area contributed by atoms with Crippen molar-refractivity contribution in [3.05, 3.63) is 89.0 Å². The number of nitrogens with two attached hydrogens (primary N) is 1. The van der Waals surface area contributed by atoms with Crippen LogP contribution in [0.25, 0.3) is 17.1 Å². The van der Waals surface area contributed by atoms with E-state index in [4.69, 9.17) is 22.1 Å². The standard InChI is InChI=1S/C36H38ClF5N8O3/c1-33(2,3)18-36(22-10-8-21(14-24(22)38)29-44-12-7-13-45-29)31(52)49(32(43)48-36)26(17-53-27(51)16-34(4,5)35(6,41)42)20-9-11-23(37)25(15-20)50-30(28(39)40)46-19-47-50/h7-15,19,26,28H,16-18H2,1-6H3,(H2,43,48)/t26-,36-/m1/s1. The molecule has 0 bridgehead atoms. The lowest BCUT2D eigenvalue weighted by molar-refractivity contribution is -0.157. The fraction of sp³-hybridized carbons (Fsp3) is 0.417. The van der Waals surface area contributed by atoms with E-state index in [0.717, 1.165) is 15.9 Å². The van der Waals surface area contributed by atoms with Gasteiger partial charge in [-0.05, 0) is 48.6 Å². The zero-order valence-corrected chi connectivity index (χ0v) is 30.5. The monoisotopic (exact) mass is 760 g/mol. The first-order valence-corrected chi connectivity index (χ1v) is 16.8. The van der Waals surface area contributed by atoms with Crippen LogP contribution in [0.5, 0.6) is 0 Å². The molecule has 0 fully saturated rings. The largest absolute Gasteiger partial charge is 0.463 e. The number of ether oxygens (including phenoxy) is 1. The van der Waals surface area contributed by atoms with Gasteiger partial charge >= 0.3 is 5.97 Å². The quantitative estimate of drug-likeness (QED) is 0.115. The Morgan fingerprint density at radius 2 is 1.70 bits per heavy atom. The van der Waals surface area contributed by atoms with Crippen LogP contribution in [0.3, 0.4) is 0 Å². The van der Waals surface area contributed by atoms with Gasteiger partial charge in [-0.3, -0.25) is 14.5 Å². The molecule has 1 aliphatic rings. The summed E-state index contributed by atoms with van der Waals surface area (Å²) in [4.78, 5) is 45.5. The average molecular weight is 761 g/mol. The summed E-state index contributed by atoms with van der Waals surface area (Å²) >= 11 is 6.43. The molecule has 0 spiro atoms. The summed E-state index contributed by atoms with van der Waals surface area (Å²) in [5.74, 6) is -6.71. The molecule has 0 radical (unpaired) electrons. The van der Waals surface area contributed by atoms with Gasteiger partial charge in [0.05, 0.1) is 23.2 Å². The van der Waals surface area contributed by atoms with Gasteiger partial charge in [0.2, 0.25) is 0 Å². The van der Waals surface area contributed by atoms with E-state index in [9.17, 15) is 27.2 Å². The number of nitrogens with zero attached hydrogens (tertiary/aromatic N) is 7. The van der Waals surface area contributed by atoms with Crippen molar-refractivity contribution in [2.24, 2.45) is 21.6 Å². The van der Waals surface area contributed by atoms with E-state index in [-0.39, 0.29) is 40.0 Å². The van der Waals surface area contributed by atoms with Gasteiger partial charge in [0, 0.05) is 28.9 Å². The van der Waals surface area contributed by atoms with Gasteiger partial charge in [-0.15, -0.1) is 0 Å². The summed E-state index contributed by atoms with van der Waals surface area (Å²) in [6.45, 7) is 7.93. The number of halogens is 6. The fourth-order valence-corrected chi connectivity index (χ4v) is 6.23. The van der Waals surface area contributed by atoms with Crippen molar-refractivity contribution in [2.45, 2.75) is 78.3 Å². The first-order valence-electron chi connectivity index (χ1n) is 16.4. The Balaban J connectivity index is 1.62. The highest BCUT2D eigenvalue weighted by atomic mass is 35.5. The molecule has 17 heteroatoms. The third-order valence-corrected chi connectivity index (χ3v) is 9.31. The molecule has 4 aromatic rings. The third-order valence-electron chi connectivity index (χ3n) is 8.99. The molecular formula is C36H38ClF5N8O3. The summed E-state index contributed by atoms with van der Waals surface area (Å²) in [5, 5.41) is 3.86. The van der Waals surface area contributed by atoms with Crippen LogP contribution in [0.15, 0.2) is 66.2 Å². The molecule has 2 aromatic heterocycles. The Labute approximate surface area is 307 Å². The average Bonchev–Trinajstić information content (AvgIpc) is 3.64. The highest BCUT2D eigenvalue weighted by Gasteiger charge is 2.54. The zero-order valence-electron chi connectivity index (χ0n) is 29.7. The van der Waals surface area contributed by atoms with Crippen LogP contribution >= 0.6 is 11.6 Å². The van der Waals surface area contributed by atoms with E-state index in [0.29, 0.717) is 12.5 Å². The molecule has 5 rings (SSSR count). The van der Waals surface area contributed by atoms with Crippen LogP contribution in [0.1, 0.15) is 83.8 Å². The number of alkyl halides is 4. The first kappa shape index (κ1) is 39.2. The zero-order chi connectivity index (χ0) is 39.1. The van der Waals surface area contributed by atoms with Crippen LogP contribution in [0.4, 0.5) is 22.0 Å². The van der Waals surface area contributed by atoms with E-state index in [1.807, 2.05) is 20.8 Å². The van der Waals surface area contributed by atoms with Gasteiger partial charge in [0.1, 0.15) is 18.8 Å². The van der Waals surface area contributed by atoms with Crippen LogP contribution in [-0.4, -0.2) is 60.0 Å². The Hall–Kier alpha value is -4.99. The molecule has 11 nitrogen and oxygen atoms in total. The van der Waals surface area contributed by atoms with Crippen molar-refractivity contribution >= 4 is 29.4 Å². The number of aliphatic imine (C=N–C) groups is 1. The van der Waals surface area contributed by atoms with Crippen LogP contribution in [0.2, 0.25) is 5.02 Å². The smallest absolute Gasteiger partial charge is 0.306 e. The molecule has 2 atom stereocenters. The summed E-state index contributed by atoms with van der Waals surface area (Å²) in [6, 6.07) is 8.52. The third kappa shape index (κ3) is 8.01. The molecule has 1 aliphatic heterocycles. The summed E-state index contributed by atoms with van der Waals surface area (Å²) in [7, 11) is 0. The Morgan fingerprint density at radius 1 is 1.02 bits per heavy atom. The van der Waals surface area contributed by atoms with Gasteiger partial charge in [0.15, 0.2) is 23.1 Å². The molecule has 0 aliphatic carbocycles. The number of carbonyl (C=O) groups is 2. The summed E-state index contributed by atoms with van der Waals surface area (Å²) in [5.41, 5.74) is 2.48. The van der Waals surface area contributed by atoms with Crippen molar-refractivity contribution < 1.29 is 36.3 Å². The fourth-order valence-electron chi connectivity index (χ4n) is 6.04. The minimum Gasteiger partial charge on any atom is -0.463 e. The molecule has 53 heavy (non-hydrogen) atoms. The van der Waals surface area contributed by atoms with Crippen molar-refractivity contribution in [3.8, 4) is 17.1 Å². The maximum Gasteiger partial charge on any atom is 0.306 e. The molecular weight excluding hydrogens is 723 g/mol.